The van der Waals surface area contributed by atoms with E-state index in [4.69, 9.17) is 15.2 Å². The maximum absolute atomic E-state index is 6.04. The van der Waals surface area contributed by atoms with Gasteiger partial charge in [0.25, 0.3) is 0 Å². The zero-order chi connectivity index (χ0) is 12.3. The van der Waals surface area contributed by atoms with Gasteiger partial charge in [-0.25, -0.2) is 0 Å². The Morgan fingerprint density at radius 2 is 1.88 bits per heavy atom. The van der Waals surface area contributed by atoms with Gasteiger partial charge in [0, 0.05) is 6.04 Å². The van der Waals surface area contributed by atoms with Crippen molar-refractivity contribution in [3.05, 3.63) is 29.8 Å². The van der Waals surface area contributed by atoms with Gasteiger partial charge in [0.1, 0.15) is 5.75 Å². The van der Waals surface area contributed by atoms with Crippen LogP contribution in [0.1, 0.15) is 37.9 Å². The van der Waals surface area contributed by atoms with Gasteiger partial charge in [0.15, 0.2) is 0 Å². The summed E-state index contributed by atoms with van der Waals surface area (Å²) in [6.07, 6.45) is 4.00. The predicted octanol–water partition coefficient (Wildman–Crippen LogP) is 2.65. The van der Waals surface area contributed by atoms with E-state index in [9.17, 15) is 0 Å². The Kier molecular flexibility index (Phi) is 4.02. The second-order valence-corrected chi connectivity index (χ2v) is 4.74. The zero-order valence-electron chi connectivity index (χ0n) is 10.6. The molecule has 0 saturated heterocycles. The van der Waals surface area contributed by atoms with Gasteiger partial charge in [0.05, 0.1) is 19.3 Å². The SMILES string of the molecule is COc1ccc(C(OC2CCC2)C(C)N)cc1. The van der Waals surface area contributed by atoms with Crippen molar-refractivity contribution in [3.63, 3.8) is 0 Å². The lowest BCUT2D eigenvalue weighted by Gasteiger charge is -2.32. The van der Waals surface area contributed by atoms with Crippen molar-refractivity contribution in [1.82, 2.24) is 0 Å². The maximum Gasteiger partial charge on any atom is 0.118 e. The van der Waals surface area contributed by atoms with E-state index in [-0.39, 0.29) is 12.1 Å². The summed E-state index contributed by atoms with van der Waals surface area (Å²) in [5, 5.41) is 0. The minimum Gasteiger partial charge on any atom is -0.497 e. The zero-order valence-corrected chi connectivity index (χ0v) is 10.6. The molecule has 17 heavy (non-hydrogen) atoms. The molecule has 94 valence electrons. The van der Waals surface area contributed by atoms with E-state index in [1.54, 1.807) is 7.11 Å². The summed E-state index contributed by atoms with van der Waals surface area (Å²) in [7, 11) is 1.67. The molecule has 2 N–H and O–H groups in total. The fraction of sp³-hybridized carbons (Fsp3) is 0.571. The molecule has 1 aliphatic carbocycles. The molecule has 0 amide bonds. The highest BCUT2D eigenvalue weighted by Gasteiger charge is 2.25. The van der Waals surface area contributed by atoms with Crippen molar-refractivity contribution in [2.45, 2.75) is 44.4 Å². The molecule has 1 saturated carbocycles. The summed E-state index contributed by atoms with van der Waals surface area (Å²) < 4.78 is 11.2. The van der Waals surface area contributed by atoms with Crippen LogP contribution in [-0.4, -0.2) is 19.3 Å². The Morgan fingerprint density at radius 1 is 1.24 bits per heavy atom. The lowest BCUT2D eigenvalue weighted by Crippen LogP contribution is -2.33. The van der Waals surface area contributed by atoms with Gasteiger partial charge >= 0.3 is 0 Å². The minimum atomic E-state index is -0.00814. The number of benzene rings is 1. The Hall–Kier alpha value is -1.06. The molecule has 1 fully saturated rings. The molecule has 1 aromatic carbocycles. The van der Waals surface area contributed by atoms with Gasteiger partial charge in [-0.2, -0.15) is 0 Å². The van der Waals surface area contributed by atoms with Gasteiger partial charge in [-0.1, -0.05) is 12.1 Å². The molecule has 3 heteroatoms. The maximum atomic E-state index is 6.04. The normalized spacial score (nSPS) is 19.5. The Balaban J connectivity index is 2.07. The fourth-order valence-electron chi connectivity index (χ4n) is 2.01. The van der Waals surface area contributed by atoms with Gasteiger partial charge < -0.3 is 15.2 Å². The summed E-state index contributed by atoms with van der Waals surface area (Å²) in [6, 6.07) is 7.98. The van der Waals surface area contributed by atoms with E-state index in [0.717, 1.165) is 11.3 Å². The van der Waals surface area contributed by atoms with Crippen LogP contribution in [0, 0.1) is 0 Å². The van der Waals surface area contributed by atoms with Gasteiger partial charge in [-0.15, -0.1) is 0 Å². The number of nitrogens with two attached hydrogens (primary N) is 1. The monoisotopic (exact) mass is 235 g/mol. The molecule has 1 aromatic rings. The molecule has 2 rings (SSSR count). The molecule has 1 aliphatic rings. The second-order valence-electron chi connectivity index (χ2n) is 4.74. The highest BCUT2D eigenvalue weighted by atomic mass is 16.5. The standard InChI is InChI=1S/C14H21NO2/c1-10(15)14(17-13-4-3-5-13)11-6-8-12(16-2)9-7-11/h6-10,13-14H,3-5,15H2,1-2H3. The first kappa shape index (κ1) is 12.4. The highest BCUT2D eigenvalue weighted by molar-refractivity contribution is 5.29. The van der Waals surface area contributed by atoms with Crippen molar-refractivity contribution >= 4 is 0 Å². The van der Waals surface area contributed by atoms with Crippen LogP contribution in [-0.2, 0) is 4.74 Å². The van der Waals surface area contributed by atoms with Gasteiger partial charge in [-0.05, 0) is 43.9 Å². The summed E-state index contributed by atoms with van der Waals surface area (Å²) in [5.41, 5.74) is 7.14. The van der Waals surface area contributed by atoms with E-state index in [1.165, 1.54) is 19.3 Å². The van der Waals surface area contributed by atoms with Crippen molar-refractivity contribution < 1.29 is 9.47 Å². The minimum absolute atomic E-state index is 0.00370. The number of rotatable bonds is 5. The van der Waals surface area contributed by atoms with Crippen LogP contribution in [0.5, 0.6) is 5.75 Å². The molecular formula is C14H21NO2. The van der Waals surface area contributed by atoms with Crippen LogP contribution in [0.15, 0.2) is 24.3 Å². The largest absolute Gasteiger partial charge is 0.497 e. The number of methoxy groups -OCH3 is 1. The third-order valence-corrected chi connectivity index (χ3v) is 3.31. The van der Waals surface area contributed by atoms with Crippen LogP contribution in [0.3, 0.4) is 0 Å². The first-order valence-corrected chi connectivity index (χ1v) is 6.25. The lowest BCUT2D eigenvalue weighted by atomic mass is 9.95. The molecule has 0 spiro atoms. The first-order chi connectivity index (χ1) is 8.20. The summed E-state index contributed by atoms with van der Waals surface area (Å²) in [5.74, 6) is 0.862. The highest BCUT2D eigenvalue weighted by Crippen LogP contribution is 2.31. The molecule has 2 unspecified atom stereocenters. The fourth-order valence-corrected chi connectivity index (χ4v) is 2.01. The average molecular weight is 235 g/mol. The third-order valence-electron chi connectivity index (χ3n) is 3.31. The summed E-state index contributed by atoms with van der Waals surface area (Å²) in [4.78, 5) is 0. The van der Waals surface area contributed by atoms with Crippen LogP contribution in [0.2, 0.25) is 0 Å². The third kappa shape index (κ3) is 2.99. The molecule has 0 aromatic heterocycles. The molecule has 0 radical (unpaired) electrons. The van der Waals surface area contributed by atoms with E-state index >= 15 is 0 Å². The molecule has 0 aliphatic heterocycles. The first-order valence-electron chi connectivity index (χ1n) is 6.25. The lowest BCUT2D eigenvalue weighted by molar-refractivity contribution is -0.0611. The number of hydrogen-bond acceptors (Lipinski definition) is 3. The smallest absolute Gasteiger partial charge is 0.118 e. The molecule has 3 nitrogen and oxygen atoms in total. The van der Waals surface area contributed by atoms with E-state index in [1.807, 2.05) is 31.2 Å². The molecule has 0 heterocycles. The topological polar surface area (TPSA) is 44.5 Å². The van der Waals surface area contributed by atoms with Crippen molar-refractivity contribution in [2.75, 3.05) is 7.11 Å². The average Bonchev–Trinajstić information content (AvgIpc) is 2.27. The van der Waals surface area contributed by atoms with E-state index < -0.39 is 0 Å². The van der Waals surface area contributed by atoms with E-state index in [0.29, 0.717) is 6.10 Å². The number of hydrogen-bond donors (Lipinski definition) is 1. The Bertz CT molecular complexity index is 344. The van der Waals surface area contributed by atoms with E-state index in [2.05, 4.69) is 0 Å². The van der Waals surface area contributed by atoms with Crippen LogP contribution >= 0.6 is 0 Å². The molecule has 0 bridgehead atoms. The quantitative estimate of drug-likeness (QED) is 0.853. The van der Waals surface area contributed by atoms with Crippen LogP contribution in [0.4, 0.5) is 0 Å². The Labute approximate surface area is 103 Å². The summed E-state index contributed by atoms with van der Waals surface area (Å²) in [6.45, 7) is 1.99. The van der Waals surface area contributed by atoms with Crippen molar-refractivity contribution in [1.29, 1.82) is 0 Å². The predicted molar refractivity (Wildman–Crippen MR) is 68.1 cm³/mol. The van der Waals surface area contributed by atoms with Crippen molar-refractivity contribution in [3.8, 4) is 5.75 Å². The van der Waals surface area contributed by atoms with Gasteiger partial charge in [0.2, 0.25) is 0 Å². The summed E-state index contributed by atoms with van der Waals surface area (Å²) >= 11 is 0. The Morgan fingerprint density at radius 3 is 2.29 bits per heavy atom. The molecule has 2 atom stereocenters. The van der Waals surface area contributed by atoms with Crippen LogP contribution in [0.25, 0.3) is 0 Å². The second kappa shape index (κ2) is 5.52. The molecular weight excluding hydrogens is 214 g/mol. The van der Waals surface area contributed by atoms with Gasteiger partial charge in [-0.3, -0.25) is 0 Å². The number of ether oxygens (including phenoxy) is 2. The van der Waals surface area contributed by atoms with Crippen LogP contribution < -0.4 is 10.5 Å². The van der Waals surface area contributed by atoms with Crippen molar-refractivity contribution in [2.24, 2.45) is 5.73 Å².